The fourth-order valence-corrected chi connectivity index (χ4v) is 3.50. The molecule has 7 nitrogen and oxygen atoms in total. The van der Waals surface area contributed by atoms with E-state index in [1.54, 1.807) is 0 Å². The van der Waals surface area contributed by atoms with E-state index in [2.05, 4.69) is 11.1 Å². The number of nitrogens with zero attached hydrogens (tertiary/aromatic N) is 3. The molecular weight excluding hydrogens is 378 g/mol. The largest absolute Gasteiger partial charge is 0.491 e. The second kappa shape index (κ2) is 8.28. The van der Waals surface area contributed by atoms with Gasteiger partial charge in [0.15, 0.2) is 5.65 Å². The molecule has 0 spiro atoms. The monoisotopic (exact) mass is 403 g/mol. The minimum Gasteiger partial charge on any atom is -0.491 e. The van der Waals surface area contributed by atoms with E-state index in [0.29, 0.717) is 5.75 Å². The number of aryl methyl sites for hydroxylation is 3. The molecule has 0 saturated heterocycles. The first-order chi connectivity index (χ1) is 13.3. The Hall–Kier alpha value is -2.45. The number of rotatable bonds is 8. The van der Waals surface area contributed by atoms with E-state index in [0.717, 1.165) is 53.0 Å². The van der Waals surface area contributed by atoms with E-state index >= 15 is 0 Å². The molecule has 0 aliphatic rings. The molecule has 3 aromatic rings. The van der Waals surface area contributed by atoms with Gasteiger partial charge in [0.05, 0.1) is 11.9 Å². The molecule has 2 aromatic heterocycles. The van der Waals surface area contributed by atoms with Gasteiger partial charge in [-0.25, -0.2) is 9.50 Å². The van der Waals surface area contributed by atoms with Crippen LogP contribution in [-0.4, -0.2) is 42.5 Å². The van der Waals surface area contributed by atoms with Crippen molar-refractivity contribution in [3.63, 3.8) is 0 Å². The van der Waals surface area contributed by atoms with Gasteiger partial charge in [0.25, 0.3) is 10.1 Å². The zero-order chi connectivity index (χ0) is 20.3. The van der Waals surface area contributed by atoms with Gasteiger partial charge in [-0.2, -0.15) is 13.5 Å². The minimum absolute atomic E-state index is 0.00673. The van der Waals surface area contributed by atoms with Gasteiger partial charge in [-0.1, -0.05) is 19.1 Å². The predicted octanol–water partition coefficient (Wildman–Crippen LogP) is 2.85. The highest BCUT2D eigenvalue weighted by atomic mass is 32.2. The molecule has 1 aromatic carbocycles. The van der Waals surface area contributed by atoms with Gasteiger partial charge in [-0.15, -0.1) is 0 Å². The minimum atomic E-state index is -3.44. The van der Waals surface area contributed by atoms with Crippen molar-refractivity contribution in [3.8, 4) is 5.75 Å². The van der Waals surface area contributed by atoms with E-state index in [-0.39, 0.29) is 13.2 Å². The molecule has 0 fully saturated rings. The Bertz CT molecular complexity index is 1070. The number of hydrogen-bond donors (Lipinski definition) is 0. The second-order valence-electron chi connectivity index (χ2n) is 6.75. The maximum absolute atomic E-state index is 10.9. The molecule has 28 heavy (non-hydrogen) atoms. The summed E-state index contributed by atoms with van der Waals surface area (Å²) in [6.07, 6.45) is 2.60. The summed E-state index contributed by atoms with van der Waals surface area (Å²) in [4.78, 5) is 4.70. The molecule has 0 N–H and O–H groups in total. The number of benzene rings is 1. The van der Waals surface area contributed by atoms with Crippen molar-refractivity contribution >= 4 is 15.8 Å². The Morgan fingerprint density at radius 2 is 1.82 bits per heavy atom. The van der Waals surface area contributed by atoms with Gasteiger partial charge in [0.1, 0.15) is 19.0 Å². The molecule has 0 amide bonds. The summed E-state index contributed by atoms with van der Waals surface area (Å²) in [5.74, 6) is 0.668. The number of fused-ring (bicyclic) bond motifs is 1. The van der Waals surface area contributed by atoms with Crippen LogP contribution in [0.15, 0.2) is 30.3 Å². The van der Waals surface area contributed by atoms with Crippen LogP contribution in [0.3, 0.4) is 0 Å². The van der Waals surface area contributed by atoms with E-state index in [1.807, 2.05) is 48.7 Å². The lowest BCUT2D eigenvalue weighted by Gasteiger charge is -2.08. The highest BCUT2D eigenvalue weighted by Gasteiger charge is 2.15. The summed E-state index contributed by atoms with van der Waals surface area (Å²) in [7, 11) is -3.44. The quantitative estimate of drug-likeness (QED) is 0.425. The van der Waals surface area contributed by atoms with Crippen LogP contribution in [0, 0.1) is 13.8 Å². The Morgan fingerprint density at radius 3 is 2.46 bits per heavy atom. The van der Waals surface area contributed by atoms with Gasteiger partial charge < -0.3 is 4.74 Å². The van der Waals surface area contributed by atoms with Crippen molar-refractivity contribution in [1.29, 1.82) is 0 Å². The second-order valence-corrected chi connectivity index (χ2v) is 8.39. The molecule has 0 radical (unpaired) electrons. The van der Waals surface area contributed by atoms with E-state index in [9.17, 15) is 8.42 Å². The molecule has 0 unspecified atom stereocenters. The molecule has 0 saturated carbocycles. The number of hydrogen-bond acceptors (Lipinski definition) is 6. The van der Waals surface area contributed by atoms with Gasteiger partial charge in [0, 0.05) is 23.4 Å². The Labute approximate surface area is 165 Å². The number of aromatic nitrogens is 3. The lowest BCUT2D eigenvalue weighted by atomic mass is 10.0. The third-order valence-corrected chi connectivity index (χ3v) is 4.96. The van der Waals surface area contributed by atoms with E-state index in [1.165, 1.54) is 0 Å². The van der Waals surface area contributed by atoms with Crippen molar-refractivity contribution in [1.82, 2.24) is 14.6 Å². The van der Waals surface area contributed by atoms with Crippen LogP contribution in [0.5, 0.6) is 5.75 Å². The smallest absolute Gasteiger partial charge is 0.264 e. The van der Waals surface area contributed by atoms with Crippen molar-refractivity contribution in [2.75, 3.05) is 19.5 Å². The first kappa shape index (κ1) is 20.3. The predicted molar refractivity (Wildman–Crippen MR) is 107 cm³/mol. The van der Waals surface area contributed by atoms with Crippen LogP contribution < -0.4 is 4.74 Å². The van der Waals surface area contributed by atoms with Crippen molar-refractivity contribution in [2.45, 2.75) is 33.6 Å². The van der Waals surface area contributed by atoms with Gasteiger partial charge in [-0.05, 0) is 44.0 Å². The molecule has 2 heterocycles. The summed E-state index contributed by atoms with van der Waals surface area (Å²) in [6, 6.07) is 9.77. The zero-order valence-corrected chi connectivity index (χ0v) is 17.4. The summed E-state index contributed by atoms with van der Waals surface area (Å²) < 4.78 is 34.0. The van der Waals surface area contributed by atoms with E-state index in [4.69, 9.17) is 14.8 Å². The molecule has 3 rings (SSSR count). The third-order valence-electron chi connectivity index (χ3n) is 4.36. The van der Waals surface area contributed by atoms with E-state index < -0.39 is 10.1 Å². The fourth-order valence-electron chi connectivity index (χ4n) is 3.13. The molecule has 8 heteroatoms. The van der Waals surface area contributed by atoms with Crippen LogP contribution in [0.25, 0.3) is 5.65 Å². The van der Waals surface area contributed by atoms with Crippen LogP contribution >= 0.6 is 0 Å². The summed E-state index contributed by atoms with van der Waals surface area (Å²) in [5, 5.41) is 4.72. The van der Waals surface area contributed by atoms with Crippen LogP contribution in [0.4, 0.5) is 0 Å². The molecule has 0 aliphatic heterocycles. The summed E-state index contributed by atoms with van der Waals surface area (Å²) in [6.45, 7) is 6.30. The van der Waals surface area contributed by atoms with Crippen molar-refractivity contribution in [3.05, 3.63) is 58.5 Å². The Morgan fingerprint density at radius 1 is 1.11 bits per heavy atom. The lowest BCUT2D eigenvalue weighted by Crippen LogP contribution is -2.11. The summed E-state index contributed by atoms with van der Waals surface area (Å²) in [5.41, 5.74) is 6.29. The Balaban J connectivity index is 1.74. The highest BCUT2D eigenvalue weighted by molar-refractivity contribution is 7.85. The third kappa shape index (κ3) is 4.88. The Kier molecular flexibility index (Phi) is 6.00. The standard InChI is InChI=1S/C20H25N3O4S/c1-5-19-18(20-21-14(2)12-15(3)23(20)22-19)13-16-6-8-17(9-7-16)26-10-11-27-28(4,24)25/h6-9,12H,5,10-11,13H2,1-4H3. The fraction of sp³-hybridized carbons (Fsp3) is 0.400. The normalized spacial score (nSPS) is 11.9. The maximum Gasteiger partial charge on any atom is 0.264 e. The highest BCUT2D eigenvalue weighted by Crippen LogP contribution is 2.22. The zero-order valence-electron chi connectivity index (χ0n) is 16.6. The first-order valence-corrected chi connectivity index (χ1v) is 11.0. The van der Waals surface area contributed by atoms with Crippen LogP contribution in [-0.2, 0) is 27.1 Å². The average molecular weight is 404 g/mol. The average Bonchev–Trinajstić information content (AvgIpc) is 2.97. The molecule has 0 bridgehead atoms. The lowest BCUT2D eigenvalue weighted by molar-refractivity contribution is 0.222. The van der Waals surface area contributed by atoms with Gasteiger partial charge >= 0.3 is 0 Å². The maximum atomic E-state index is 10.9. The molecular formula is C20H25N3O4S. The SMILES string of the molecule is CCc1nn2c(C)cc(C)nc2c1Cc1ccc(OCCOS(C)(=O)=O)cc1. The van der Waals surface area contributed by atoms with Crippen LogP contribution in [0.1, 0.15) is 35.1 Å². The summed E-state index contributed by atoms with van der Waals surface area (Å²) >= 11 is 0. The topological polar surface area (TPSA) is 82.8 Å². The van der Waals surface area contributed by atoms with Gasteiger partial charge in [-0.3, -0.25) is 4.18 Å². The van der Waals surface area contributed by atoms with Crippen molar-refractivity contribution < 1.29 is 17.3 Å². The first-order valence-electron chi connectivity index (χ1n) is 9.17. The molecule has 0 aliphatic carbocycles. The number of ether oxygens (including phenoxy) is 1. The molecule has 0 atom stereocenters. The van der Waals surface area contributed by atoms with Gasteiger partial charge in [0.2, 0.25) is 0 Å². The van der Waals surface area contributed by atoms with Crippen molar-refractivity contribution in [2.24, 2.45) is 0 Å². The van der Waals surface area contributed by atoms with Crippen LogP contribution in [0.2, 0.25) is 0 Å². The molecule has 150 valence electrons.